The Kier molecular flexibility index (Phi) is 5.21. The maximum atomic E-state index is 13.1. The van der Waals surface area contributed by atoms with Crippen molar-refractivity contribution in [1.29, 1.82) is 5.26 Å². The lowest BCUT2D eigenvalue weighted by Gasteiger charge is -2.11. The molecule has 0 amide bonds. The van der Waals surface area contributed by atoms with Crippen LogP contribution in [0.5, 0.6) is 0 Å². The molecule has 0 saturated heterocycles. The predicted octanol–water partition coefficient (Wildman–Crippen LogP) is 3.85. The zero-order chi connectivity index (χ0) is 16.8. The van der Waals surface area contributed by atoms with Crippen LogP contribution in [0.4, 0.5) is 8.78 Å². The number of carbonyl (C=O) groups excluding carboxylic acids is 1. The molecule has 0 atom stereocenters. The number of nitriles is 1. The number of carbonyl (C=O) groups is 1. The minimum atomic E-state index is -0.779. The molecule has 0 aliphatic rings. The minimum absolute atomic E-state index is 0.115. The average Bonchev–Trinajstić information content (AvgIpc) is 2.55. The normalized spacial score (nSPS) is 9.83. The topological polar surface area (TPSA) is 50.1 Å². The van der Waals surface area contributed by atoms with Gasteiger partial charge in [0.15, 0.2) is 0 Å². The van der Waals surface area contributed by atoms with Crippen LogP contribution in [0.1, 0.15) is 18.1 Å². The molecule has 0 aliphatic carbocycles. The van der Waals surface area contributed by atoms with Gasteiger partial charge < -0.3 is 4.74 Å². The highest BCUT2D eigenvalue weighted by Crippen LogP contribution is 2.28. The van der Waals surface area contributed by atoms with Crippen LogP contribution in [-0.2, 0) is 9.53 Å². The molecule has 0 saturated carbocycles. The number of nitrogens with zero attached hydrogens (tertiary/aromatic N) is 1. The van der Waals surface area contributed by atoms with Gasteiger partial charge in [-0.15, -0.1) is 0 Å². The molecule has 3 nitrogen and oxygen atoms in total. The van der Waals surface area contributed by atoms with Gasteiger partial charge in [0.05, 0.1) is 6.61 Å². The Hall–Kier alpha value is -3.00. The summed E-state index contributed by atoms with van der Waals surface area (Å²) < 4.78 is 31.2. The van der Waals surface area contributed by atoms with Crippen molar-refractivity contribution in [3.63, 3.8) is 0 Å². The van der Waals surface area contributed by atoms with Crippen molar-refractivity contribution in [2.24, 2.45) is 0 Å². The van der Waals surface area contributed by atoms with Crippen molar-refractivity contribution >= 4 is 11.5 Å². The molecule has 0 unspecified atom stereocenters. The van der Waals surface area contributed by atoms with Gasteiger partial charge in [0.1, 0.15) is 23.3 Å². The summed E-state index contributed by atoms with van der Waals surface area (Å²) in [4.78, 5) is 12.0. The van der Waals surface area contributed by atoms with Crippen molar-refractivity contribution in [2.75, 3.05) is 6.61 Å². The van der Waals surface area contributed by atoms with E-state index >= 15 is 0 Å². The second-order valence-electron chi connectivity index (χ2n) is 4.60. The number of ether oxygens (including phenoxy) is 1. The number of benzene rings is 2. The summed E-state index contributed by atoms with van der Waals surface area (Å²) in [5.74, 6) is -1.66. The van der Waals surface area contributed by atoms with Gasteiger partial charge in [-0.25, -0.2) is 13.6 Å². The molecule has 0 radical (unpaired) electrons. The Balaban J connectivity index is 2.68. The zero-order valence-corrected chi connectivity index (χ0v) is 12.3. The molecule has 5 heteroatoms. The summed E-state index contributed by atoms with van der Waals surface area (Å²) in [6, 6.07) is 12.5. The van der Waals surface area contributed by atoms with Crippen molar-refractivity contribution < 1.29 is 18.3 Å². The van der Waals surface area contributed by atoms with Gasteiger partial charge in [0, 0.05) is 5.57 Å². The van der Waals surface area contributed by atoms with E-state index in [-0.39, 0.29) is 17.8 Å². The smallest absolute Gasteiger partial charge is 0.349 e. The Morgan fingerprint density at radius 3 is 1.78 bits per heavy atom. The molecule has 2 aromatic carbocycles. The van der Waals surface area contributed by atoms with Crippen LogP contribution >= 0.6 is 0 Å². The summed E-state index contributed by atoms with van der Waals surface area (Å²) in [6.45, 7) is 1.74. The van der Waals surface area contributed by atoms with Gasteiger partial charge in [-0.1, -0.05) is 24.3 Å². The van der Waals surface area contributed by atoms with Crippen LogP contribution in [0.25, 0.3) is 5.57 Å². The first-order valence-corrected chi connectivity index (χ1v) is 6.90. The van der Waals surface area contributed by atoms with E-state index in [1.807, 2.05) is 6.07 Å². The van der Waals surface area contributed by atoms with E-state index in [2.05, 4.69) is 0 Å². The van der Waals surface area contributed by atoms with Gasteiger partial charge in [0.25, 0.3) is 0 Å². The summed E-state index contributed by atoms with van der Waals surface area (Å²) >= 11 is 0. The van der Waals surface area contributed by atoms with E-state index in [9.17, 15) is 18.8 Å². The van der Waals surface area contributed by atoms with E-state index < -0.39 is 17.6 Å². The number of hydrogen-bond acceptors (Lipinski definition) is 3. The number of rotatable bonds is 4. The lowest BCUT2D eigenvalue weighted by atomic mass is 9.93. The van der Waals surface area contributed by atoms with Gasteiger partial charge in [0.2, 0.25) is 0 Å². The molecule has 2 aromatic rings. The largest absolute Gasteiger partial charge is 0.462 e. The molecule has 116 valence electrons. The highest BCUT2D eigenvalue weighted by molar-refractivity contribution is 6.05. The second-order valence-corrected chi connectivity index (χ2v) is 4.60. The van der Waals surface area contributed by atoms with E-state index in [0.29, 0.717) is 11.1 Å². The quantitative estimate of drug-likeness (QED) is 0.489. The maximum Gasteiger partial charge on any atom is 0.349 e. The summed E-state index contributed by atoms with van der Waals surface area (Å²) in [5, 5.41) is 9.37. The Bertz CT molecular complexity index is 725. The van der Waals surface area contributed by atoms with Crippen LogP contribution < -0.4 is 0 Å². The van der Waals surface area contributed by atoms with Crippen molar-refractivity contribution in [1.82, 2.24) is 0 Å². The molecule has 0 fully saturated rings. The van der Waals surface area contributed by atoms with Crippen molar-refractivity contribution in [3.05, 3.63) is 76.9 Å². The van der Waals surface area contributed by atoms with Crippen LogP contribution in [0.2, 0.25) is 0 Å². The maximum absolute atomic E-state index is 13.1. The Labute approximate surface area is 132 Å². The van der Waals surface area contributed by atoms with E-state index in [1.165, 1.54) is 48.5 Å². The molecule has 23 heavy (non-hydrogen) atoms. The molecule has 0 aromatic heterocycles. The molecule has 2 rings (SSSR count). The van der Waals surface area contributed by atoms with Crippen LogP contribution in [0, 0.1) is 23.0 Å². The van der Waals surface area contributed by atoms with Gasteiger partial charge in [-0.2, -0.15) is 5.26 Å². The van der Waals surface area contributed by atoms with E-state index in [0.717, 1.165) is 0 Å². The molecule has 0 N–H and O–H groups in total. The number of esters is 1. The highest BCUT2D eigenvalue weighted by Gasteiger charge is 2.19. The summed E-state index contributed by atoms with van der Waals surface area (Å²) in [6.07, 6.45) is 0. The van der Waals surface area contributed by atoms with E-state index in [1.54, 1.807) is 6.92 Å². The third-order valence-electron chi connectivity index (χ3n) is 3.11. The van der Waals surface area contributed by atoms with Gasteiger partial charge in [-0.3, -0.25) is 0 Å². The van der Waals surface area contributed by atoms with Crippen molar-refractivity contribution in [2.45, 2.75) is 6.92 Å². The summed E-state index contributed by atoms with van der Waals surface area (Å²) in [7, 11) is 0. The van der Waals surface area contributed by atoms with Gasteiger partial charge >= 0.3 is 5.97 Å². The molecule has 0 heterocycles. The second kappa shape index (κ2) is 7.32. The Morgan fingerprint density at radius 1 is 1.00 bits per heavy atom. The first-order chi connectivity index (χ1) is 11.1. The fourth-order valence-electron chi connectivity index (χ4n) is 2.10. The van der Waals surface area contributed by atoms with Crippen LogP contribution in [-0.4, -0.2) is 12.6 Å². The zero-order valence-electron chi connectivity index (χ0n) is 12.3. The predicted molar refractivity (Wildman–Crippen MR) is 81.1 cm³/mol. The first-order valence-electron chi connectivity index (χ1n) is 6.90. The fourth-order valence-corrected chi connectivity index (χ4v) is 2.10. The standard InChI is InChI=1S/C18H13F2NO2/c1-2-23-18(22)16(11-21)17(12-3-7-14(19)8-4-12)13-5-9-15(20)10-6-13/h3-10H,2H2,1H3. The van der Waals surface area contributed by atoms with E-state index in [4.69, 9.17) is 4.74 Å². The Morgan fingerprint density at radius 2 is 1.43 bits per heavy atom. The number of hydrogen-bond donors (Lipinski definition) is 0. The molecule has 0 aliphatic heterocycles. The molecular weight excluding hydrogens is 300 g/mol. The molecule has 0 spiro atoms. The lowest BCUT2D eigenvalue weighted by molar-refractivity contribution is -0.137. The minimum Gasteiger partial charge on any atom is -0.462 e. The number of halogens is 2. The third kappa shape index (κ3) is 3.80. The average molecular weight is 313 g/mol. The lowest BCUT2D eigenvalue weighted by Crippen LogP contribution is -2.09. The summed E-state index contributed by atoms with van der Waals surface area (Å²) in [5.41, 5.74) is 0.973. The van der Waals surface area contributed by atoms with Gasteiger partial charge in [-0.05, 0) is 42.3 Å². The monoisotopic (exact) mass is 313 g/mol. The first kappa shape index (κ1) is 16.4. The SMILES string of the molecule is CCOC(=O)C(C#N)=C(c1ccc(F)cc1)c1ccc(F)cc1. The van der Waals surface area contributed by atoms with Crippen LogP contribution in [0.15, 0.2) is 54.1 Å². The molecular formula is C18H13F2NO2. The fraction of sp³-hybridized carbons (Fsp3) is 0.111. The van der Waals surface area contributed by atoms with Crippen molar-refractivity contribution in [3.8, 4) is 6.07 Å². The van der Waals surface area contributed by atoms with Crippen LogP contribution in [0.3, 0.4) is 0 Å². The molecule has 0 bridgehead atoms. The third-order valence-corrected chi connectivity index (χ3v) is 3.11. The highest BCUT2D eigenvalue weighted by atomic mass is 19.1.